The van der Waals surface area contributed by atoms with Gasteiger partial charge in [0.15, 0.2) is 0 Å². The highest BCUT2D eigenvalue weighted by Crippen LogP contribution is 2.38. The zero-order valence-electron chi connectivity index (χ0n) is 11.7. The fourth-order valence-electron chi connectivity index (χ4n) is 2.84. The maximum atomic E-state index is 11.0. The third kappa shape index (κ3) is 2.89. The van der Waals surface area contributed by atoms with Gasteiger partial charge in [-0.15, -0.1) is 0 Å². The number of carboxylic acids is 1. The Bertz CT molecular complexity index is 470. The van der Waals surface area contributed by atoms with Crippen molar-refractivity contribution in [3.8, 4) is 5.75 Å². The molecule has 1 aliphatic rings. The molecule has 0 spiro atoms. The van der Waals surface area contributed by atoms with Crippen molar-refractivity contribution < 1.29 is 14.6 Å². The number of rotatable bonds is 5. The van der Waals surface area contributed by atoms with Crippen molar-refractivity contribution in [3.05, 3.63) is 29.3 Å². The molecule has 4 heteroatoms. The molecule has 0 aliphatic heterocycles. The average Bonchev–Trinajstić information content (AvgIpc) is 2.77. The van der Waals surface area contributed by atoms with Gasteiger partial charge in [-0.1, -0.05) is 6.07 Å². The first-order valence-corrected chi connectivity index (χ1v) is 6.67. The summed E-state index contributed by atoms with van der Waals surface area (Å²) in [4.78, 5) is 13.1. The summed E-state index contributed by atoms with van der Waals surface area (Å²) in [5, 5.41) is 9.08. The molecule has 0 saturated carbocycles. The number of ether oxygens (including phenoxy) is 1. The first-order chi connectivity index (χ1) is 9.02. The van der Waals surface area contributed by atoms with E-state index >= 15 is 0 Å². The lowest BCUT2D eigenvalue weighted by Gasteiger charge is -2.31. The van der Waals surface area contributed by atoms with Crippen molar-refractivity contribution in [2.24, 2.45) is 0 Å². The number of carbonyl (C=O) groups is 1. The van der Waals surface area contributed by atoms with Gasteiger partial charge in [-0.05, 0) is 49.9 Å². The topological polar surface area (TPSA) is 49.8 Å². The van der Waals surface area contributed by atoms with E-state index in [1.165, 1.54) is 11.1 Å². The molecular formula is C15H21NO3. The summed E-state index contributed by atoms with van der Waals surface area (Å²) in [6.45, 7) is 4.17. The van der Waals surface area contributed by atoms with Crippen molar-refractivity contribution >= 4 is 5.97 Å². The van der Waals surface area contributed by atoms with Crippen LogP contribution in [0.3, 0.4) is 0 Å². The largest absolute Gasteiger partial charge is 0.497 e. The Hall–Kier alpha value is -1.55. The molecule has 104 valence electrons. The van der Waals surface area contributed by atoms with Gasteiger partial charge in [-0.25, -0.2) is 0 Å². The number of hydrogen-bond donors (Lipinski definition) is 1. The molecule has 0 radical (unpaired) electrons. The molecule has 4 nitrogen and oxygen atoms in total. The van der Waals surface area contributed by atoms with Gasteiger partial charge in [0, 0.05) is 12.1 Å². The molecule has 1 N–H and O–H groups in total. The van der Waals surface area contributed by atoms with E-state index in [2.05, 4.69) is 6.07 Å². The minimum atomic E-state index is -0.773. The molecule has 0 bridgehead atoms. The molecule has 1 aliphatic carbocycles. The molecule has 0 saturated heterocycles. The fourth-order valence-corrected chi connectivity index (χ4v) is 2.84. The highest BCUT2D eigenvalue weighted by atomic mass is 16.5. The number of hydrogen-bond acceptors (Lipinski definition) is 3. The van der Waals surface area contributed by atoms with Crippen LogP contribution in [0.25, 0.3) is 0 Å². The van der Waals surface area contributed by atoms with E-state index in [1.807, 2.05) is 30.9 Å². The molecule has 1 unspecified atom stereocenters. The van der Waals surface area contributed by atoms with E-state index < -0.39 is 5.97 Å². The van der Waals surface area contributed by atoms with Crippen LogP contribution in [0.4, 0.5) is 0 Å². The van der Waals surface area contributed by atoms with E-state index in [0.717, 1.165) is 18.6 Å². The molecule has 2 rings (SSSR count). The molecule has 1 aromatic rings. The average molecular weight is 263 g/mol. The lowest BCUT2D eigenvalue weighted by Crippen LogP contribution is -2.38. The summed E-state index contributed by atoms with van der Waals surface area (Å²) >= 11 is 0. The Morgan fingerprint density at radius 2 is 2.26 bits per heavy atom. The van der Waals surface area contributed by atoms with Crippen LogP contribution in [0.15, 0.2) is 18.2 Å². The third-order valence-corrected chi connectivity index (χ3v) is 3.78. The number of aryl methyl sites for hydroxylation is 1. The van der Waals surface area contributed by atoms with Crippen molar-refractivity contribution in [2.75, 3.05) is 13.7 Å². The number of aliphatic carboxylic acids is 1. The smallest absolute Gasteiger partial charge is 0.317 e. The van der Waals surface area contributed by atoms with Crippen LogP contribution < -0.4 is 4.74 Å². The number of nitrogens with zero attached hydrogens (tertiary/aromatic N) is 1. The molecule has 0 fully saturated rings. The Balaban J connectivity index is 2.30. The van der Waals surface area contributed by atoms with Crippen LogP contribution in [0.5, 0.6) is 5.75 Å². The summed E-state index contributed by atoms with van der Waals surface area (Å²) in [5.41, 5.74) is 2.52. The quantitative estimate of drug-likeness (QED) is 0.886. The summed E-state index contributed by atoms with van der Waals surface area (Å²) in [6.07, 6.45) is 1.99. The van der Waals surface area contributed by atoms with Crippen LogP contribution in [0.2, 0.25) is 0 Å². The van der Waals surface area contributed by atoms with Gasteiger partial charge in [-0.3, -0.25) is 9.69 Å². The first-order valence-electron chi connectivity index (χ1n) is 6.67. The summed E-state index contributed by atoms with van der Waals surface area (Å²) in [5.74, 6) is 0.0646. The molecular weight excluding hydrogens is 242 g/mol. The summed E-state index contributed by atoms with van der Waals surface area (Å²) in [6, 6.07) is 6.50. The fraction of sp³-hybridized carbons (Fsp3) is 0.533. The number of benzene rings is 1. The van der Waals surface area contributed by atoms with Gasteiger partial charge >= 0.3 is 5.97 Å². The Kier molecular flexibility index (Phi) is 4.10. The van der Waals surface area contributed by atoms with Crippen LogP contribution in [0.1, 0.15) is 37.4 Å². The second-order valence-corrected chi connectivity index (χ2v) is 5.28. The minimum absolute atomic E-state index is 0.0823. The SMILES string of the molecule is COc1ccc2c(c1)C(N(CC(=O)O)C(C)C)CC2. The zero-order valence-corrected chi connectivity index (χ0v) is 11.7. The van der Waals surface area contributed by atoms with E-state index in [4.69, 9.17) is 9.84 Å². The standard InChI is InChI=1S/C15H21NO3/c1-10(2)16(9-15(17)18)14-7-5-11-4-6-12(19-3)8-13(11)14/h4,6,8,10,14H,5,7,9H2,1-3H3,(H,17,18). The van der Waals surface area contributed by atoms with Gasteiger partial charge in [0.1, 0.15) is 5.75 Å². The predicted octanol–water partition coefficient (Wildman–Crippen LogP) is 2.48. The molecule has 0 heterocycles. The van der Waals surface area contributed by atoms with Crippen LogP contribution >= 0.6 is 0 Å². The van der Waals surface area contributed by atoms with Crippen molar-refractivity contribution in [1.82, 2.24) is 4.90 Å². The maximum absolute atomic E-state index is 11.0. The molecule has 0 aromatic heterocycles. The second kappa shape index (κ2) is 5.61. The lowest BCUT2D eigenvalue weighted by atomic mass is 10.0. The van der Waals surface area contributed by atoms with E-state index in [-0.39, 0.29) is 18.6 Å². The molecule has 1 atom stereocenters. The van der Waals surface area contributed by atoms with Crippen LogP contribution in [-0.4, -0.2) is 35.7 Å². The predicted molar refractivity (Wildman–Crippen MR) is 73.5 cm³/mol. The van der Waals surface area contributed by atoms with Gasteiger partial charge < -0.3 is 9.84 Å². The second-order valence-electron chi connectivity index (χ2n) is 5.28. The number of carboxylic acid groups (broad SMARTS) is 1. The first kappa shape index (κ1) is 13.9. The Labute approximate surface area is 114 Å². The summed E-state index contributed by atoms with van der Waals surface area (Å²) in [7, 11) is 1.66. The monoisotopic (exact) mass is 263 g/mol. The van der Waals surface area contributed by atoms with Crippen LogP contribution in [0, 0.1) is 0 Å². The van der Waals surface area contributed by atoms with Gasteiger partial charge in [-0.2, -0.15) is 0 Å². The Morgan fingerprint density at radius 3 is 2.84 bits per heavy atom. The molecule has 1 aromatic carbocycles. The van der Waals surface area contributed by atoms with Gasteiger partial charge in [0.25, 0.3) is 0 Å². The minimum Gasteiger partial charge on any atom is -0.497 e. The van der Waals surface area contributed by atoms with E-state index in [0.29, 0.717) is 0 Å². The highest BCUT2D eigenvalue weighted by Gasteiger charge is 2.30. The van der Waals surface area contributed by atoms with E-state index in [1.54, 1.807) is 7.11 Å². The third-order valence-electron chi connectivity index (χ3n) is 3.78. The number of methoxy groups -OCH3 is 1. The summed E-state index contributed by atoms with van der Waals surface area (Å²) < 4.78 is 5.27. The van der Waals surface area contributed by atoms with Crippen molar-refractivity contribution in [3.63, 3.8) is 0 Å². The lowest BCUT2D eigenvalue weighted by molar-refractivity contribution is -0.139. The molecule has 0 amide bonds. The Morgan fingerprint density at radius 1 is 1.53 bits per heavy atom. The van der Waals surface area contributed by atoms with Crippen molar-refractivity contribution in [2.45, 2.75) is 38.8 Å². The van der Waals surface area contributed by atoms with Crippen LogP contribution in [-0.2, 0) is 11.2 Å². The van der Waals surface area contributed by atoms with Gasteiger partial charge in [0.05, 0.1) is 13.7 Å². The van der Waals surface area contributed by atoms with Gasteiger partial charge in [0.2, 0.25) is 0 Å². The van der Waals surface area contributed by atoms with Crippen molar-refractivity contribution in [1.29, 1.82) is 0 Å². The molecule has 19 heavy (non-hydrogen) atoms. The van der Waals surface area contributed by atoms with E-state index in [9.17, 15) is 4.79 Å². The zero-order chi connectivity index (χ0) is 14.0. The highest BCUT2D eigenvalue weighted by molar-refractivity contribution is 5.69. The normalized spacial score (nSPS) is 17.8. The number of fused-ring (bicyclic) bond motifs is 1. The maximum Gasteiger partial charge on any atom is 0.317 e.